The van der Waals surface area contributed by atoms with Gasteiger partial charge in [-0.2, -0.15) is 5.26 Å². The molecule has 0 aliphatic heterocycles. The lowest BCUT2D eigenvalue weighted by Gasteiger charge is -2.02. The van der Waals surface area contributed by atoms with Crippen LogP contribution in [0.25, 0.3) is 0 Å². The standard InChI is InChI=1S/C8H7BrN2O/c1-2-12-6-3-7(9)8(4-10)11-5-6/h3,5H,2H2,1H3. The molecule has 0 fully saturated rings. The van der Waals surface area contributed by atoms with Crippen molar-refractivity contribution in [3.63, 3.8) is 0 Å². The first-order valence-electron chi connectivity index (χ1n) is 3.46. The summed E-state index contributed by atoms with van der Waals surface area (Å²) in [5, 5.41) is 8.56. The van der Waals surface area contributed by atoms with Crippen molar-refractivity contribution in [3.8, 4) is 11.8 Å². The van der Waals surface area contributed by atoms with Crippen molar-refractivity contribution < 1.29 is 4.74 Å². The van der Waals surface area contributed by atoms with Gasteiger partial charge in [0.2, 0.25) is 0 Å². The van der Waals surface area contributed by atoms with Crippen LogP contribution < -0.4 is 4.74 Å². The second-order valence-corrected chi connectivity index (χ2v) is 2.90. The van der Waals surface area contributed by atoms with Gasteiger partial charge in [-0.3, -0.25) is 0 Å². The second kappa shape index (κ2) is 4.07. The van der Waals surface area contributed by atoms with E-state index in [0.29, 0.717) is 22.5 Å². The van der Waals surface area contributed by atoms with Crippen LogP contribution in [0.4, 0.5) is 0 Å². The Kier molecular flexibility index (Phi) is 3.06. The minimum atomic E-state index is 0.374. The van der Waals surface area contributed by atoms with Gasteiger partial charge in [0.1, 0.15) is 11.8 Å². The largest absolute Gasteiger partial charge is 0.492 e. The number of halogens is 1. The molecular formula is C8H7BrN2O. The lowest BCUT2D eigenvalue weighted by Crippen LogP contribution is -1.93. The zero-order valence-corrected chi connectivity index (χ0v) is 8.13. The fraction of sp³-hybridized carbons (Fsp3) is 0.250. The topological polar surface area (TPSA) is 45.9 Å². The molecule has 0 bridgehead atoms. The van der Waals surface area contributed by atoms with E-state index in [9.17, 15) is 0 Å². The Balaban J connectivity index is 2.96. The molecule has 0 atom stereocenters. The van der Waals surface area contributed by atoms with Crippen LogP contribution in [-0.4, -0.2) is 11.6 Å². The molecule has 12 heavy (non-hydrogen) atoms. The molecule has 0 amide bonds. The number of nitrogens with zero attached hydrogens (tertiary/aromatic N) is 2. The zero-order valence-electron chi connectivity index (χ0n) is 6.54. The molecule has 0 unspecified atom stereocenters. The number of ether oxygens (including phenoxy) is 1. The van der Waals surface area contributed by atoms with E-state index < -0.39 is 0 Å². The quantitative estimate of drug-likeness (QED) is 0.777. The van der Waals surface area contributed by atoms with Crippen LogP contribution in [0.1, 0.15) is 12.6 Å². The first-order valence-corrected chi connectivity index (χ1v) is 4.25. The van der Waals surface area contributed by atoms with Crippen LogP contribution >= 0.6 is 15.9 Å². The van der Waals surface area contributed by atoms with Gasteiger partial charge in [-0.05, 0) is 28.9 Å². The summed E-state index contributed by atoms with van der Waals surface area (Å²) >= 11 is 3.21. The van der Waals surface area contributed by atoms with E-state index in [1.54, 1.807) is 6.07 Å². The highest BCUT2D eigenvalue weighted by molar-refractivity contribution is 9.10. The van der Waals surface area contributed by atoms with Crippen molar-refractivity contribution in [3.05, 3.63) is 22.4 Å². The van der Waals surface area contributed by atoms with Crippen molar-refractivity contribution in [2.75, 3.05) is 6.61 Å². The van der Waals surface area contributed by atoms with Crippen molar-refractivity contribution in [2.24, 2.45) is 0 Å². The molecule has 0 radical (unpaired) electrons. The van der Waals surface area contributed by atoms with Crippen molar-refractivity contribution in [1.82, 2.24) is 4.98 Å². The molecule has 0 N–H and O–H groups in total. The van der Waals surface area contributed by atoms with E-state index in [1.165, 1.54) is 6.20 Å². The summed E-state index contributed by atoms with van der Waals surface area (Å²) in [7, 11) is 0. The Morgan fingerprint density at radius 3 is 3.00 bits per heavy atom. The zero-order chi connectivity index (χ0) is 8.97. The Morgan fingerprint density at radius 2 is 2.50 bits per heavy atom. The molecule has 0 spiro atoms. The Labute approximate surface area is 79.1 Å². The smallest absolute Gasteiger partial charge is 0.154 e. The highest BCUT2D eigenvalue weighted by Gasteiger charge is 2.01. The fourth-order valence-electron chi connectivity index (χ4n) is 0.748. The van der Waals surface area contributed by atoms with Crippen LogP contribution in [-0.2, 0) is 0 Å². The average molecular weight is 227 g/mol. The number of rotatable bonds is 2. The van der Waals surface area contributed by atoms with Gasteiger partial charge >= 0.3 is 0 Å². The van der Waals surface area contributed by atoms with Gasteiger partial charge < -0.3 is 4.74 Å². The lowest BCUT2D eigenvalue weighted by molar-refractivity contribution is 0.338. The molecule has 1 aromatic heterocycles. The predicted molar refractivity (Wildman–Crippen MR) is 47.8 cm³/mol. The fourth-order valence-corrected chi connectivity index (χ4v) is 1.16. The first kappa shape index (κ1) is 9.01. The van der Waals surface area contributed by atoms with E-state index in [4.69, 9.17) is 10.00 Å². The molecular weight excluding hydrogens is 220 g/mol. The maximum Gasteiger partial charge on any atom is 0.154 e. The third kappa shape index (κ3) is 1.95. The maximum atomic E-state index is 8.56. The third-order valence-corrected chi connectivity index (χ3v) is 1.84. The summed E-state index contributed by atoms with van der Waals surface area (Å²) < 4.78 is 5.85. The molecule has 4 heteroatoms. The maximum absolute atomic E-state index is 8.56. The van der Waals surface area contributed by atoms with Crippen LogP contribution in [0.2, 0.25) is 0 Å². The Bertz CT molecular complexity index is 319. The molecule has 0 aliphatic rings. The van der Waals surface area contributed by atoms with Gasteiger partial charge in [0.05, 0.1) is 17.3 Å². The number of nitriles is 1. The summed E-state index contributed by atoms with van der Waals surface area (Å²) in [4.78, 5) is 3.88. The number of hydrogen-bond donors (Lipinski definition) is 0. The van der Waals surface area contributed by atoms with E-state index >= 15 is 0 Å². The molecule has 0 saturated heterocycles. The summed E-state index contributed by atoms with van der Waals surface area (Å²) in [5.74, 6) is 0.670. The van der Waals surface area contributed by atoms with Crippen molar-refractivity contribution in [2.45, 2.75) is 6.92 Å². The van der Waals surface area contributed by atoms with E-state index in [1.807, 2.05) is 13.0 Å². The summed E-state index contributed by atoms with van der Waals surface area (Å²) in [5.41, 5.74) is 0.374. The second-order valence-electron chi connectivity index (χ2n) is 2.05. The van der Waals surface area contributed by atoms with Gasteiger partial charge in [-0.1, -0.05) is 0 Å². The Morgan fingerprint density at radius 1 is 1.75 bits per heavy atom. The highest BCUT2D eigenvalue weighted by atomic mass is 79.9. The summed E-state index contributed by atoms with van der Waals surface area (Å²) in [6, 6.07) is 3.68. The lowest BCUT2D eigenvalue weighted by atomic mass is 10.4. The number of aromatic nitrogens is 1. The molecule has 62 valence electrons. The van der Waals surface area contributed by atoms with Gasteiger partial charge in [-0.15, -0.1) is 0 Å². The molecule has 0 aromatic carbocycles. The van der Waals surface area contributed by atoms with Gasteiger partial charge in [-0.25, -0.2) is 4.98 Å². The van der Waals surface area contributed by atoms with Crippen LogP contribution in [0.3, 0.4) is 0 Å². The highest BCUT2D eigenvalue weighted by Crippen LogP contribution is 2.19. The Hall–Kier alpha value is -1.08. The van der Waals surface area contributed by atoms with Crippen LogP contribution in [0.15, 0.2) is 16.7 Å². The van der Waals surface area contributed by atoms with Gasteiger partial charge in [0, 0.05) is 0 Å². The number of hydrogen-bond acceptors (Lipinski definition) is 3. The third-order valence-electron chi connectivity index (χ3n) is 1.23. The first-order chi connectivity index (χ1) is 5.77. The van der Waals surface area contributed by atoms with Crippen molar-refractivity contribution in [1.29, 1.82) is 5.26 Å². The van der Waals surface area contributed by atoms with Gasteiger partial charge in [0.25, 0.3) is 0 Å². The summed E-state index contributed by atoms with van der Waals surface area (Å²) in [6.45, 7) is 2.49. The molecule has 0 aliphatic carbocycles. The van der Waals surface area contributed by atoms with Crippen LogP contribution in [0.5, 0.6) is 5.75 Å². The van der Waals surface area contributed by atoms with E-state index in [0.717, 1.165) is 0 Å². The molecule has 1 heterocycles. The number of pyridine rings is 1. The molecule has 3 nitrogen and oxygen atoms in total. The predicted octanol–water partition coefficient (Wildman–Crippen LogP) is 2.11. The SMILES string of the molecule is CCOc1cnc(C#N)c(Br)c1. The van der Waals surface area contributed by atoms with E-state index in [-0.39, 0.29) is 0 Å². The van der Waals surface area contributed by atoms with Crippen LogP contribution in [0, 0.1) is 11.3 Å². The summed E-state index contributed by atoms with van der Waals surface area (Å²) in [6.07, 6.45) is 1.53. The molecule has 1 rings (SSSR count). The van der Waals surface area contributed by atoms with E-state index in [2.05, 4.69) is 20.9 Å². The molecule has 0 saturated carbocycles. The average Bonchev–Trinajstić information content (AvgIpc) is 2.05. The minimum absolute atomic E-state index is 0.374. The monoisotopic (exact) mass is 226 g/mol. The van der Waals surface area contributed by atoms with Crippen molar-refractivity contribution >= 4 is 15.9 Å². The minimum Gasteiger partial charge on any atom is -0.492 e. The van der Waals surface area contributed by atoms with Gasteiger partial charge in [0.15, 0.2) is 5.69 Å². The normalized spacial score (nSPS) is 9.08. The molecule has 1 aromatic rings.